The van der Waals surface area contributed by atoms with Crippen LogP contribution >= 0.6 is 0 Å². The molecule has 1 aromatic rings. The molecular formula is C16H24O4. The van der Waals surface area contributed by atoms with E-state index in [2.05, 4.69) is 0 Å². The second kappa shape index (κ2) is 7.07. The van der Waals surface area contributed by atoms with Gasteiger partial charge in [-0.1, -0.05) is 12.1 Å². The third-order valence-electron chi connectivity index (χ3n) is 3.94. The average Bonchev–Trinajstić information content (AvgIpc) is 2.46. The van der Waals surface area contributed by atoms with Crippen molar-refractivity contribution >= 4 is 0 Å². The third-order valence-corrected chi connectivity index (χ3v) is 3.94. The zero-order valence-corrected chi connectivity index (χ0v) is 12.4. The van der Waals surface area contributed by atoms with Gasteiger partial charge < -0.3 is 19.3 Å². The Labute approximate surface area is 120 Å². The summed E-state index contributed by atoms with van der Waals surface area (Å²) in [6.45, 7) is 2.64. The van der Waals surface area contributed by atoms with E-state index in [1.807, 2.05) is 31.2 Å². The average molecular weight is 280 g/mol. The predicted molar refractivity (Wildman–Crippen MR) is 76.9 cm³/mol. The summed E-state index contributed by atoms with van der Waals surface area (Å²) in [4.78, 5) is 0. The van der Waals surface area contributed by atoms with Crippen LogP contribution in [0.2, 0.25) is 0 Å². The topological polar surface area (TPSA) is 47.9 Å². The van der Waals surface area contributed by atoms with E-state index in [9.17, 15) is 5.11 Å². The number of benzene rings is 1. The molecule has 0 bridgehead atoms. The van der Waals surface area contributed by atoms with Crippen LogP contribution in [-0.4, -0.2) is 38.1 Å². The highest BCUT2D eigenvalue weighted by atomic mass is 16.5. The summed E-state index contributed by atoms with van der Waals surface area (Å²) in [5.41, 5.74) is 1.08. The molecule has 0 spiro atoms. The van der Waals surface area contributed by atoms with E-state index >= 15 is 0 Å². The summed E-state index contributed by atoms with van der Waals surface area (Å²) in [5.74, 6) is 0.895. The van der Waals surface area contributed by atoms with Gasteiger partial charge in [-0.15, -0.1) is 0 Å². The van der Waals surface area contributed by atoms with Crippen molar-refractivity contribution < 1.29 is 19.3 Å². The van der Waals surface area contributed by atoms with Gasteiger partial charge in [-0.05, 0) is 37.5 Å². The van der Waals surface area contributed by atoms with Gasteiger partial charge in [-0.2, -0.15) is 0 Å². The van der Waals surface area contributed by atoms with Crippen molar-refractivity contribution in [3.63, 3.8) is 0 Å². The lowest BCUT2D eigenvalue weighted by Crippen LogP contribution is -2.39. The van der Waals surface area contributed by atoms with Gasteiger partial charge in [-0.25, -0.2) is 0 Å². The molecule has 0 aromatic heterocycles. The molecule has 0 radical (unpaired) electrons. The van der Waals surface area contributed by atoms with Gasteiger partial charge in [0.25, 0.3) is 0 Å². The molecule has 1 aromatic carbocycles. The number of aliphatic hydroxyl groups excluding tert-OH is 1. The van der Waals surface area contributed by atoms with Crippen molar-refractivity contribution in [3.8, 4) is 5.75 Å². The molecule has 1 fully saturated rings. The van der Waals surface area contributed by atoms with Crippen LogP contribution in [0.5, 0.6) is 5.75 Å². The van der Waals surface area contributed by atoms with Crippen LogP contribution in [0.4, 0.5) is 0 Å². The monoisotopic (exact) mass is 280 g/mol. The minimum absolute atomic E-state index is 0.0656. The fourth-order valence-electron chi connectivity index (χ4n) is 2.84. The van der Waals surface area contributed by atoms with Crippen molar-refractivity contribution in [1.29, 1.82) is 0 Å². The number of aliphatic hydroxyl groups is 1. The van der Waals surface area contributed by atoms with Gasteiger partial charge in [-0.3, -0.25) is 0 Å². The first-order chi connectivity index (χ1) is 9.65. The van der Waals surface area contributed by atoms with Gasteiger partial charge in [0.05, 0.1) is 25.4 Å². The quantitative estimate of drug-likeness (QED) is 0.900. The number of hydrogen-bond acceptors (Lipinski definition) is 4. The summed E-state index contributed by atoms with van der Waals surface area (Å²) < 4.78 is 16.4. The molecule has 4 heteroatoms. The molecule has 1 N–H and O–H groups in total. The van der Waals surface area contributed by atoms with E-state index in [0.29, 0.717) is 13.0 Å². The third kappa shape index (κ3) is 3.51. The Bertz CT molecular complexity index is 403. The molecule has 112 valence electrons. The van der Waals surface area contributed by atoms with Crippen LogP contribution in [0.25, 0.3) is 0 Å². The maximum atomic E-state index is 10.3. The Morgan fingerprint density at radius 2 is 1.95 bits per heavy atom. The van der Waals surface area contributed by atoms with Gasteiger partial charge in [0.15, 0.2) is 0 Å². The molecule has 1 saturated heterocycles. The summed E-state index contributed by atoms with van der Waals surface area (Å²) in [6, 6.07) is 7.87. The van der Waals surface area contributed by atoms with E-state index in [-0.39, 0.29) is 24.2 Å². The summed E-state index contributed by atoms with van der Waals surface area (Å²) in [7, 11) is 3.33. The van der Waals surface area contributed by atoms with Crippen LogP contribution < -0.4 is 4.74 Å². The Balaban J connectivity index is 2.18. The highest BCUT2D eigenvalue weighted by Gasteiger charge is 2.36. The van der Waals surface area contributed by atoms with Gasteiger partial charge in [0.2, 0.25) is 0 Å². The fourth-order valence-corrected chi connectivity index (χ4v) is 2.84. The highest BCUT2D eigenvalue weighted by molar-refractivity contribution is 5.29. The fraction of sp³-hybridized carbons (Fsp3) is 0.625. The van der Waals surface area contributed by atoms with Gasteiger partial charge in [0.1, 0.15) is 5.75 Å². The van der Waals surface area contributed by atoms with Crippen LogP contribution in [0, 0.1) is 5.92 Å². The van der Waals surface area contributed by atoms with Crippen LogP contribution in [0.15, 0.2) is 24.3 Å². The number of methoxy groups -OCH3 is 2. The molecule has 0 saturated carbocycles. The minimum Gasteiger partial charge on any atom is -0.497 e. The predicted octanol–water partition coefficient (Wildman–Crippen LogP) is 2.56. The normalized spacial score (nSPS) is 30.2. The van der Waals surface area contributed by atoms with Crippen molar-refractivity contribution in [3.05, 3.63) is 29.8 Å². The molecule has 2 rings (SSSR count). The molecule has 1 heterocycles. The number of hydrogen-bond donors (Lipinski definition) is 1. The highest BCUT2D eigenvalue weighted by Crippen LogP contribution is 2.38. The lowest BCUT2D eigenvalue weighted by Gasteiger charge is -2.39. The maximum absolute atomic E-state index is 10.3. The standard InChI is InChI=1S/C16H24O4/c1-11-10-15(17)14(8-9-18-2)16(20-11)12-4-6-13(19-3)7-5-12/h4-7,11,14-17H,8-10H2,1-3H3/t11-,14-,15+,16+/m0/s1. The Kier molecular flexibility index (Phi) is 5.40. The molecular weight excluding hydrogens is 256 g/mol. The van der Waals surface area contributed by atoms with Crippen LogP contribution in [0.1, 0.15) is 31.4 Å². The molecule has 0 amide bonds. The van der Waals surface area contributed by atoms with E-state index in [0.717, 1.165) is 17.7 Å². The first-order valence-corrected chi connectivity index (χ1v) is 7.12. The molecule has 0 aliphatic carbocycles. The van der Waals surface area contributed by atoms with Crippen molar-refractivity contribution in [2.45, 2.75) is 38.1 Å². The zero-order valence-electron chi connectivity index (χ0n) is 12.4. The van der Waals surface area contributed by atoms with Gasteiger partial charge >= 0.3 is 0 Å². The smallest absolute Gasteiger partial charge is 0.118 e. The number of ether oxygens (including phenoxy) is 3. The number of rotatable bonds is 5. The van der Waals surface area contributed by atoms with Crippen LogP contribution in [0.3, 0.4) is 0 Å². The summed E-state index contributed by atoms with van der Waals surface area (Å²) in [5, 5.41) is 10.3. The largest absolute Gasteiger partial charge is 0.497 e. The lowest BCUT2D eigenvalue weighted by atomic mass is 9.83. The van der Waals surface area contributed by atoms with Crippen molar-refractivity contribution in [1.82, 2.24) is 0 Å². The van der Waals surface area contributed by atoms with E-state index in [1.54, 1.807) is 14.2 Å². The summed E-state index contributed by atoms with van der Waals surface area (Å²) >= 11 is 0. The molecule has 4 atom stereocenters. The van der Waals surface area contributed by atoms with Crippen molar-refractivity contribution in [2.24, 2.45) is 5.92 Å². The Morgan fingerprint density at radius 1 is 1.25 bits per heavy atom. The maximum Gasteiger partial charge on any atom is 0.118 e. The molecule has 4 nitrogen and oxygen atoms in total. The zero-order chi connectivity index (χ0) is 14.5. The van der Waals surface area contributed by atoms with Gasteiger partial charge in [0, 0.05) is 19.6 Å². The summed E-state index contributed by atoms with van der Waals surface area (Å²) in [6.07, 6.45) is 1.11. The second-order valence-electron chi connectivity index (χ2n) is 5.39. The molecule has 20 heavy (non-hydrogen) atoms. The van der Waals surface area contributed by atoms with E-state index in [4.69, 9.17) is 14.2 Å². The van der Waals surface area contributed by atoms with Crippen LogP contribution in [-0.2, 0) is 9.47 Å². The molecule has 1 aliphatic heterocycles. The first-order valence-electron chi connectivity index (χ1n) is 7.12. The second-order valence-corrected chi connectivity index (χ2v) is 5.39. The minimum atomic E-state index is -0.346. The van der Waals surface area contributed by atoms with E-state index < -0.39 is 0 Å². The molecule has 0 unspecified atom stereocenters. The van der Waals surface area contributed by atoms with E-state index in [1.165, 1.54) is 0 Å². The SMILES string of the molecule is COCC[C@H]1[C@H](O)C[C@H](C)O[C@@H]1c1ccc(OC)cc1. The molecule has 1 aliphatic rings. The Hall–Kier alpha value is -1.10. The van der Waals surface area contributed by atoms with Crippen molar-refractivity contribution in [2.75, 3.05) is 20.8 Å². The first kappa shape index (κ1) is 15.3. The lowest BCUT2D eigenvalue weighted by molar-refractivity contribution is -0.137. The Morgan fingerprint density at radius 3 is 2.55 bits per heavy atom.